The van der Waals surface area contributed by atoms with E-state index in [2.05, 4.69) is 5.32 Å². The van der Waals surface area contributed by atoms with Gasteiger partial charge >= 0.3 is 5.97 Å². The number of amides is 1. The minimum Gasteiger partial charge on any atom is -0.495 e. The highest BCUT2D eigenvalue weighted by molar-refractivity contribution is 7.89. The molecule has 0 fully saturated rings. The van der Waals surface area contributed by atoms with Crippen LogP contribution in [-0.4, -0.2) is 51.9 Å². The number of hydrogen-bond donors (Lipinski definition) is 1. The molecule has 0 aliphatic carbocycles. The van der Waals surface area contributed by atoms with Crippen molar-refractivity contribution in [3.63, 3.8) is 0 Å². The number of carbonyl (C=O) groups is 2. The smallest absolute Gasteiger partial charge is 0.341 e. The first kappa shape index (κ1) is 23.8. The first-order chi connectivity index (χ1) is 14.1. The van der Waals surface area contributed by atoms with Crippen molar-refractivity contribution in [2.45, 2.75) is 32.6 Å². The molecule has 1 aromatic carbocycles. The number of nitrogens with zero attached hydrogens (tertiary/aromatic N) is 1. The SMILES string of the molecule is CCN(CC)S(=O)(=O)c1cc(C(=O)Nc2sc(C)c(C)c2C(=O)OC)ccc1OC. The van der Waals surface area contributed by atoms with Gasteiger partial charge in [0.25, 0.3) is 5.91 Å². The summed E-state index contributed by atoms with van der Waals surface area (Å²) in [5, 5.41) is 3.06. The molecule has 0 saturated heterocycles. The van der Waals surface area contributed by atoms with Gasteiger partial charge in [-0.3, -0.25) is 4.79 Å². The quantitative estimate of drug-likeness (QED) is 0.613. The van der Waals surface area contributed by atoms with Crippen molar-refractivity contribution in [3.05, 3.63) is 39.8 Å². The van der Waals surface area contributed by atoms with Gasteiger partial charge in [0, 0.05) is 23.5 Å². The van der Waals surface area contributed by atoms with Crippen molar-refractivity contribution in [2.24, 2.45) is 0 Å². The first-order valence-electron chi connectivity index (χ1n) is 9.30. The van der Waals surface area contributed by atoms with Gasteiger partial charge < -0.3 is 14.8 Å². The molecule has 2 aromatic rings. The van der Waals surface area contributed by atoms with Crippen LogP contribution in [0.15, 0.2) is 23.1 Å². The summed E-state index contributed by atoms with van der Waals surface area (Å²) in [4.78, 5) is 25.8. The Balaban J connectivity index is 2.48. The summed E-state index contributed by atoms with van der Waals surface area (Å²) in [6.07, 6.45) is 0. The summed E-state index contributed by atoms with van der Waals surface area (Å²) < 4.78 is 37.3. The zero-order chi connectivity index (χ0) is 22.6. The number of rotatable bonds is 8. The molecule has 0 aliphatic heterocycles. The van der Waals surface area contributed by atoms with Crippen LogP contribution in [0.25, 0.3) is 0 Å². The molecule has 1 heterocycles. The van der Waals surface area contributed by atoms with Gasteiger partial charge in [-0.1, -0.05) is 13.8 Å². The van der Waals surface area contributed by atoms with E-state index >= 15 is 0 Å². The Morgan fingerprint density at radius 3 is 2.30 bits per heavy atom. The van der Waals surface area contributed by atoms with E-state index < -0.39 is 21.9 Å². The van der Waals surface area contributed by atoms with Crippen LogP contribution in [-0.2, 0) is 14.8 Å². The molecule has 1 N–H and O–H groups in total. The number of esters is 1. The molecule has 0 radical (unpaired) electrons. The van der Waals surface area contributed by atoms with Gasteiger partial charge in [-0.15, -0.1) is 11.3 Å². The largest absolute Gasteiger partial charge is 0.495 e. The third kappa shape index (κ3) is 4.50. The molecule has 30 heavy (non-hydrogen) atoms. The molecule has 0 aliphatic rings. The Labute approximate surface area is 180 Å². The molecule has 0 bridgehead atoms. The highest BCUT2D eigenvalue weighted by Crippen LogP contribution is 2.34. The number of anilines is 1. The molecule has 0 atom stereocenters. The number of aryl methyl sites for hydroxylation is 1. The lowest BCUT2D eigenvalue weighted by Crippen LogP contribution is -2.31. The van der Waals surface area contributed by atoms with E-state index in [0.717, 1.165) is 10.4 Å². The Kier molecular flexibility index (Phi) is 7.62. The fourth-order valence-electron chi connectivity index (χ4n) is 2.96. The summed E-state index contributed by atoms with van der Waals surface area (Å²) in [5.74, 6) is -0.941. The van der Waals surface area contributed by atoms with Crippen LogP contribution in [0.1, 0.15) is 45.0 Å². The maximum Gasteiger partial charge on any atom is 0.341 e. The van der Waals surface area contributed by atoms with Crippen molar-refractivity contribution in [1.29, 1.82) is 0 Å². The van der Waals surface area contributed by atoms with Crippen molar-refractivity contribution in [3.8, 4) is 5.75 Å². The highest BCUT2D eigenvalue weighted by Gasteiger charge is 2.27. The summed E-state index contributed by atoms with van der Waals surface area (Å²) in [5.41, 5.74) is 1.14. The second-order valence-corrected chi connectivity index (χ2v) is 9.52. The number of methoxy groups -OCH3 is 2. The van der Waals surface area contributed by atoms with Gasteiger partial charge in [-0.05, 0) is 37.6 Å². The molecule has 8 nitrogen and oxygen atoms in total. The summed E-state index contributed by atoms with van der Waals surface area (Å²) in [6, 6.07) is 4.20. The summed E-state index contributed by atoms with van der Waals surface area (Å²) >= 11 is 1.25. The van der Waals surface area contributed by atoms with E-state index in [-0.39, 0.29) is 34.9 Å². The Morgan fingerprint density at radius 1 is 1.13 bits per heavy atom. The van der Waals surface area contributed by atoms with E-state index in [4.69, 9.17) is 9.47 Å². The topological polar surface area (TPSA) is 102 Å². The lowest BCUT2D eigenvalue weighted by atomic mass is 10.1. The minimum absolute atomic E-state index is 0.0897. The molecular formula is C20H26N2O6S2. The zero-order valence-corrected chi connectivity index (χ0v) is 19.5. The maximum atomic E-state index is 13.0. The second kappa shape index (κ2) is 9.59. The van der Waals surface area contributed by atoms with Crippen molar-refractivity contribution in [2.75, 3.05) is 32.6 Å². The van der Waals surface area contributed by atoms with Gasteiger partial charge in [0.1, 0.15) is 15.6 Å². The second-order valence-electron chi connectivity index (χ2n) is 6.39. The molecule has 1 aromatic heterocycles. The molecule has 0 saturated carbocycles. The minimum atomic E-state index is -3.84. The maximum absolute atomic E-state index is 13.0. The molecule has 0 unspecified atom stereocenters. The lowest BCUT2D eigenvalue weighted by molar-refractivity contribution is 0.0601. The molecule has 164 valence electrons. The van der Waals surface area contributed by atoms with Gasteiger partial charge in [0.15, 0.2) is 0 Å². The fraction of sp³-hybridized carbons (Fsp3) is 0.400. The van der Waals surface area contributed by atoms with Crippen LogP contribution >= 0.6 is 11.3 Å². The summed E-state index contributed by atoms with van der Waals surface area (Å²) in [7, 11) is -1.20. The van der Waals surface area contributed by atoms with E-state index in [1.54, 1.807) is 20.8 Å². The van der Waals surface area contributed by atoms with Crippen LogP contribution in [0.3, 0.4) is 0 Å². The molecule has 2 rings (SSSR count). The number of hydrogen-bond acceptors (Lipinski definition) is 7. The van der Waals surface area contributed by atoms with Gasteiger partial charge in [-0.2, -0.15) is 4.31 Å². The predicted molar refractivity (Wildman–Crippen MR) is 116 cm³/mol. The normalized spacial score (nSPS) is 11.4. The van der Waals surface area contributed by atoms with Crippen molar-refractivity contribution >= 4 is 38.2 Å². The molecule has 10 heteroatoms. The van der Waals surface area contributed by atoms with Gasteiger partial charge in [-0.25, -0.2) is 13.2 Å². The van der Waals surface area contributed by atoms with Crippen molar-refractivity contribution < 1.29 is 27.5 Å². The molecular weight excluding hydrogens is 428 g/mol. The van der Waals surface area contributed by atoms with Crippen LogP contribution < -0.4 is 10.1 Å². The van der Waals surface area contributed by atoms with E-state index in [9.17, 15) is 18.0 Å². The molecule has 1 amide bonds. The van der Waals surface area contributed by atoms with E-state index in [0.29, 0.717) is 5.00 Å². The monoisotopic (exact) mass is 454 g/mol. The number of nitrogens with one attached hydrogen (secondary N) is 1. The van der Waals surface area contributed by atoms with Crippen LogP contribution in [0.2, 0.25) is 0 Å². The average Bonchev–Trinajstić information content (AvgIpc) is 3.00. The third-order valence-electron chi connectivity index (χ3n) is 4.75. The number of carbonyl (C=O) groups excluding carboxylic acids is 2. The standard InChI is InChI=1S/C20H26N2O6S2/c1-7-22(8-2)30(25,26)16-11-14(9-10-15(16)27-5)18(23)21-19-17(20(24)28-6)12(3)13(4)29-19/h9-11H,7-8H2,1-6H3,(H,21,23). The zero-order valence-electron chi connectivity index (χ0n) is 17.9. The highest BCUT2D eigenvalue weighted by atomic mass is 32.2. The third-order valence-corrected chi connectivity index (χ3v) is 7.94. The molecule has 0 spiro atoms. The Bertz CT molecular complexity index is 1060. The van der Waals surface area contributed by atoms with Crippen LogP contribution in [0.5, 0.6) is 5.75 Å². The Morgan fingerprint density at radius 2 is 1.77 bits per heavy atom. The number of sulfonamides is 1. The number of benzene rings is 1. The van der Waals surface area contributed by atoms with E-state index in [1.807, 2.05) is 6.92 Å². The number of thiophene rings is 1. The van der Waals surface area contributed by atoms with E-state index in [1.165, 1.54) is 48.1 Å². The first-order valence-corrected chi connectivity index (χ1v) is 11.6. The predicted octanol–water partition coefficient (Wildman–Crippen LogP) is 3.44. The summed E-state index contributed by atoms with van der Waals surface area (Å²) in [6.45, 7) is 7.66. The van der Waals surface area contributed by atoms with Crippen molar-refractivity contribution in [1.82, 2.24) is 4.31 Å². The number of ether oxygens (including phenoxy) is 2. The Hall–Kier alpha value is -2.43. The van der Waals surface area contributed by atoms with Gasteiger partial charge in [0.05, 0.1) is 19.8 Å². The van der Waals surface area contributed by atoms with Crippen LogP contribution in [0.4, 0.5) is 5.00 Å². The van der Waals surface area contributed by atoms with Gasteiger partial charge in [0.2, 0.25) is 10.0 Å². The average molecular weight is 455 g/mol. The van der Waals surface area contributed by atoms with Crippen LogP contribution in [0, 0.1) is 13.8 Å². The lowest BCUT2D eigenvalue weighted by Gasteiger charge is -2.20. The fourth-order valence-corrected chi connectivity index (χ4v) is 5.64.